The number of hydrogen-bond acceptors (Lipinski definition) is 6. The van der Waals surface area contributed by atoms with Crippen molar-refractivity contribution in [3.63, 3.8) is 0 Å². The van der Waals surface area contributed by atoms with Gasteiger partial charge >= 0.3 is 5.97 Å². The van der Waals surface area contributed by atoms with Crippen molar-refractivity contribution in [3.8, 4) is 22.1 Å². The molecule has 7 heteroatoms. The summed E-state index contributed by atoms with van der Waals surface area (Å²) in [6.07, 6.45) is 0.154. The molecule has 2 rings (SSSR count). The zero-order valence-electron chi connectivity index (χ0n) is 11.6. The van der Waals surface area contributed by atoms with Gasteiger partial charge in [-0.05, 0) is 35.0 Å². The Kier molecular flexibility index (Phi) is 5.19. The number of phenols is 1. The van der Waals surface area contributed by atoms with E-state index in [9.17, 15) is 9.90 Å². The van der Waals surface area contributed by atoms with Gasteiger partial charge in [0.25, 0.3) is 0 Å². The molecule has 112 valence electrons. The number of nitrogens with zero attached hydrogens (tertiary/aromatic N) is 1. The summed E-state index contributed by atoms with van der Waals surface area (Å²) in [5.74, 6) is 0.116. The quantitative estimate of drug-likeness (QED) is 0.815. The maximum absolute atomic E-state index is 11.4. The number of hydrogen-bond donors (Lipinski definition) is 1. The van der Waals surface area contributed by atoms with Gasteiger partial charge in [0.15, 0.2) is 11.5 Å². The third-order valence-electron chi connectivity index (χ3n) is 2.68. The van der Waals surface area contributed by atoms with E-state index in [1.807, 2.05) is 5.38 Å². The average molecular weight is 372 g/mol. The number of carbonyl (C=O) groups excluding carboxylic acids is 1. The number of aromatic nitrogens is 1. The number of benzene rings is 1. The van der Waals surface area contributed by atoms with Crippen molar-refractivity contribution in [3.05, 3.63) is 27.7 Å². The minimum atomic E-state index is -0.293. The molecule has 1 N–H and O–H groups in total. The fourth-order valence-corrected chi connectivity index (χ4v) is 2.98. The Hall–Kier alpha value is -1.60. The van der Waals surface area contributed by atoms with Gasteiger partial charge in [-0.15, -0.1) is 11.3 Å². The Morgan fingerprint density at radius 1 is 1.48 bits per heavy atom. The number of carbonyl (C=O) groups is 1. The zero-order chi connectivity index (χ0) is 15.4. The highest BCUT2D eigenvalue weighted by atomic mass is 79.9. The summed E-state index contributed by atoms with van der Waals surface area (Å²) >= 11 is 4.69. The van der Waals surface area contributed by atoms with Gasteiger partial charge in [0.2, 0.25) is 0 Å². The molecule has 0 aliphatic carbocycles. The highest BCUT2D eigenvalue weighted by Crippen LogP contribution is 2.39. The molecule has 0 amide bonds. The highest BCUT2D eigenvalue weighted by molar-refractivity contribution is 9.10. The lowest BCUT2D eigenvalue weighted by Crippen LogP contribution is -2.07. The Morgan fingerprint density at radius 2 is 2.24 bits per heavy atom. The molecule has 0 aliphatic heterocycles. The summed E-state index contributed by atoms with van der Waals surface area (Å²) in [5, 5.41) is 12.4. The van der Waals surface area contributed by atoms with E-state index in [0.29, 0.717) is 22.5 Å². The van der Waals surface area contributed by atoms with Gasteiger partial charge in [0.05, 0.1) is 30.3 Å². The topological polar surface area (TPSA) is 68.7 Å². The SMILES string of the molecule is CCOC(=O)Cc1csc(-c2cc(Br)c(O)c(OC)c2)n1. The van der Waals surface area contributed by atoms with E-state index in [0.717, 1.165) is 10.6 Å². The van der Waals surface area contributed by atoms with Crippen LogP contribution < -0.4 is 4.74 Å². The summed E-state index contributed by atoms with van der Waals surface area (Å²) in [6.45, 7) is 2.13. The molecule has 0 spiro atoms. The number of thiazole rings is 1. The Bertz CT molecular complexity index is 656. The molecule has 0 atom stereocenters. The summed E-state index contributed by atoms with van der Waals surface area (Å²) in [5.41, 5.74) is 1.47. The molecular weight excluding hydrogens is 358 g/mol. The molecule has 1 aromatic heterocycles. The second-order valence-electron chi connectivity index (χ2n) is 4.13. The van der Waals surface area contributed by atoms with E-state index in [-0.39, 0.29) is 18.1 Å². The van der Waals surface area contributed by atoms with Crippen LogP contribution in [0.1, 0.15) is 12.6 Å². The number of aromatic hydroxyl groups is 1. The first-order chi connectivity index (χ1) is 10.0. The third kappa shape index (κ3) is 3.74. The van der Waals surface area contributed by atoms with Crippen molar-refractivity contribution in [2.45, 2.75) is 13.3 Å². The molecule has 0 saturated carbocycles. The number of phenolic OH excluding ortho intramolecular Hbond substituents is 1. The van der Waals surface area contributed by atoms with Crippen molar-refractivity contribution in [1.82, 2.24) is 4.98 Å². The van der Waals surface area contributed by atoms with Gasteiger partial charge in [0.1, 0.15) is 5.01 Å². The van der Waals surface area contributed by atoms with E-state index < -0.39 is 0 Å². The Labute approximate surface area is 134 Å². The van der Waals surface area contributed by atoms with E-state index >= 15 is 0 Å². The Morgan fingerprint density at radius 3 is 2.90 bits per heavy atom. The molecule has 0 saturated heterocycles. The fourth-order valence-electron chi connectivity index (χ4n) is 1.73. The minimum absolute atomic E-state index is 0.0459. The molecule has 5 nitrogen and oxygen atoms in total. The van der Waals surface area contributed by atoms with Crippen LogP contribution in [-0.2, 0) is 16.0 Å². The molecule has 21 heavy (non-hydrogen) atoms. The number of halogens is 1. The van der Waals surface area contributed by atoms with Gasteiger partial charge in [-0.3, -0.25) is 4.79 Å². The van der Waals surface area contributed by atoms with Crippen LogP contribution in [0.25, 0.3) is 10.6 Å². The Balaban J connectivity index is 2.25. The minimum Gasteiger partial charge on any atom is -0.503 e. The smallest absolute Gasteiger partial charge is 0.311 e. The van der Waals surface area contributed by atoms with Gasteiger partial charge in [0, 0.05) is 10.9 Å². The van der Waals surface area contributed by atoms with Gasteiger partial charge in [-0.1, -0.05) is 0 Å². The van der Waals surface area contributed by atoms with Crippen LogP contribution in [-0.4, -0.2) is 29.8 Å². The predicted molar refractivity (Wildman–Crippen MR) is 83.8 cm³/mol. The molecule has 0 unspecified atom stereocenters. The highest BCUT2D eigenvalue weighted by Gasteiger charge is 2.14. The van der Waals surface area contributed by atoms with E-state index in [1.165, 1.54) is 18.4 Å². The first kappa shape index (κ1) is 15.8. The van der Waals surface area contributed by atoms with Gasteiger partial charge in [-0.25, -0.2) is 4.98 Å². The van der Waals surface area contributed by atoms with Crippen LogP contribution in [0, 0.1) is 0 Å². The molecule has 0 fully saturated rings. The molecular formula is C14H14BrNO4S. The summed E-state index contributed by atoms with van der Waals surface area (Å²) in [6, 6.07) is 3.46. The average Bonchev–Trinajstić information content (AvgIpc) is 2.90. The van der Waals surface area contributed by atoms with Crippen molar-refractivity contribution in [1.29, 1.82) is 0 Å². The van der Waals surface area contributed by atoms with Crippen LogP contribution in [0.15, 0.2) is 22.0 Å². The number of rotatable bonds is 5. The molecule has 1 heterocycles. The second kappa shape index (κ2) is 6.91. The van der Waals surface area contributed by atoms with Crippen LogP contribution >= 0.6 is 27.3 Å². The first-order valence-electron chi connectivity index (χ1n) is 6.22. The van der Waals surface area contributed by atoms with Gasteiger partial charge in [-0.2, -0.15) is 0 Å². The van der Waals surface area contributed by atoms with Crippen molar-refractivity contribution >= 4 is 33.2 Å². The molecule has 2 aromatic rings. The number of esters is 1. The monoisotopic (exact) mass is 371 g/mol. The summed E-state index contributed by atoms with van der Waals surface area (Å²) in [4.78, 5) is 15.8. The second-order valence-corrected chi connectivity index (χ2v) is 5.85. The maximum atomic E-state index is 11.4. The number of methoxy groups -OCH3 is 1. The lowest BCUT2D eigenvalue weighted by Gasteiger charge is -2.07. The van der Waals surface area contributed by atoms with Crippen molar-refractivity contribution < 1.29 is 19.4 Å². The third-order valence-corrected chi connectivity index (χ3v) is 4.22. The molecule has 0 radical (unpaired) electrons. The van der Waals surface area contributed by atoms with E-state index in [4.69, 9.17) is 9.47 Å². The van der Waals surface area contributed by atoms with E-state index in [1.54, 1.807) is 19.1 Å². The normalized spacial score (nSPS) is 10.4. The van der Waals surface area contributed by atoms with Crippen LogP contribution in [0.4, 0.5) is 0 Å². The van der Waals surface area contributed by atoms with Crippen LogP contribution in [0.2, 0.25) is 0 Å². The lowest BCUT2D eigenvalue weighted by atomic mass is 10.2. The predicted octanol–water partition coefficient (Wildman–Crippen LogP) is 3.39. The van der Waals surface area contributed by atoms with Crippen molar-refractivity contribution in [2.75, 3.05) is 13.7 Å². The fraction of sp³-hybridized carbons (Fsp3) is 0.286. The summed E-state index contributed by atoms with van der Waals surface area (Å²) < 4.78 is 10.5. The maximum Gasteiger partial charge on any atom is 0.311 e. The summed E-state index contributed by atoms with van der Waals surface area (Å²) in [7, 11) is 1.49. The number of ether oxygens (including phenoxy) is 2. The largest absolute Gasteiger partial charge is 0.503 e. The molecule has 0 aliphatic rings. The zero-order valence-corrected chi connectivity index (χ0v) is 14.0. The molecule has 1 aromatic carbocycles. The van der Waals surface area contributed by atoms with Gasteiger partial charge < -0.3 is 14.6 Å². The van der Waals surface area contributed by atoms with Crippen molar-refractivity contribution in [2.24, 2.45) is 0 Å². The molecule has 0 bridgehead atoms. The first-order valence-corrected chi connectivity index (χ1v) is 7.89. The van der Waals surface area contributed by atoms with Crippen LogP contribution in [0.3, 0.4) is 0 Å². The standard InChI is InChI=1S/C14H14BrNO4S/c1-3-20-12(17)6-9-7-21-14(16-9)8-4-10(15)13(18)11(5-8)19-2/h4-5,7,18H,3,6H2,1-2H3. The van der Waals surface area contributed by atoms with Crippen LogP contribution in [0.5, 0.6) is 11.5 Å². The van der Waals surface area contributed by atoms with E-state index in [2.05, 4.69) is 20.9 Å². The lowest BCUT2D eigenvalue weighted by molar-refractivity contribution is -0.142.